The van der Waals surface area contributed by atoms with Crippen LogP contribution in [0.2, 0.25) is 0 Å². The van der Waals surface area contributed by atoms with Gasteiger partial charge in [-0.05, 0) is 47.8 Å². The lowest BCUT2D eigenvalue weighted by atomic mass is 9.87. The summed E-state index contributed by atoms with van der Waals surface area (Å²) >= 11 is 0. The molecular formula is C13H28N4O. The normalized spacial score (nSPS) is 20.2. The van der Waals surface area contributed by atoms with Gasteiger partial charge in [0.15, 0.2) is 0 Å². The fourth-order valence-corrected chi connectivity index (χ4v) is 2.51. The molecule has 1 rings (SSSR count). The van der Waals surface area contributed by atoms with Crippen molar-refractivity contribution in [3.63, 3.8) is 0 Å². The van der Waals surface area contributed by atoms with Crippen LogP contribution in [0.25, 0.3) is 0 Å². The summed E-state index contributed by atoms with van der Waals surface area (Å²) in [5.41, 5.74) is -0.0883. The zero-order valence-electron chi connectivity index (χ0n) is 12.4. The molecule has 1 saturated heterocycles. The van der Waals surface area contributed by atoms with Crippen molar-refractivity contribution in [3.8, 4) is 0 Å². The van der Waals surface area contributed by atoms with E-state index in [0.717, 1.165) is 32.5 Å². The minimum absolute atomic E-state index is 0.0450. The summed E-state index contributed by atoms with van der Waals surface area (Å²) in [4.78, 5) is 16.4. The van der Waals surface area contributed by atoms with E-state index >= 15 is 0 Å². The van der Waals surface area contributed by atoms with Gasteiger partial charge in [-0.15, -0.1) is 0 Å². The zero-order chi connectivity index (χ0) is 13.8. The van der Waals surface area contributed by atoms with E-state index in [9.17, 15) is 4.79 Å². The largest absolute Gasteiger partial charge is 0.336 e. The Morgan fingerprint density at radius 2 is 1.89 bits per heavy atom. The molecule has 0 saturated carbocycles. The summed E-state index contributed by atoms with van der Waals surface area (Å²) in [5, 5.41) is 6.11. The number of piperidine rings is 1. The van der Waals surface area contributed by atoms with Crippen molar-refractivity contribution in [2.45, 2.75) is 38.3 Å². The number of urea groups is 1. The summed E-state index contributed by atoms with van der Waals surface area (Å²) in [6.45, 7) is 6.93. The molecule has 1 heterocycles. The minimum atomic E-state index is -0.0883. The third-order valence-corrected chi connectivity index (χ3v) is 3.36. The molecule has 0 aliphatic carbocycles. The molecule has 0 spiro atoms. The predicted octanol–water partition coefficient (Wildman–Crippen LogP) is 0.720. The van der Waals surface area contributed by atoms with Crippen molar-refractivity contribution in [2.75, 3.05) is 40.8 Å². The highest BCUT2D eigenvalue weighted by Crippen LogP contribution is 2.22. The van der Waals surface area contributed by atoms with E-state index in [-0.39, 0.29) is 17.6 Å². The Balaban J connectivity index is 2.63. The molecule has 2 amide bonds. The Labute approximate surface area is 111 Å². The van der Waals surface area contributed by atoms with Gasteiger partial charge in [0.25, 0.3) is 0 Å². The maximum absolute atomic E-state index is 11.9. The Kier molecular flexibility index (Phi) is 5.41. The van der Waals surface area contributed by atoms with Gasteiger partial charge in [0.05, 0.1) is 5.54 Å². The monoisotopic (exact) mass is 256 g/mol. The van der Waals surface area contributed by atoms with E-state index < -0.39 is 0 Å². The average Bonchev–Trinajstić information content (AvgIpc) is 2.20. The second-order valence-corrected chi connectivity index (χ2v) is 6.07. The Morgan fingerprint density at radius 1 is 1.33 bits per heavy atom. The molecule has 0 aromatic rings. The summed E-state index contributed by atoms with van der Waals surface area (Å²) in [5.74, 6) is 0. The Morgan fingerprint density at radius 3 is 2.33 bits per heavy atom. The molecule has 1 aliphatic heterocycles. The summed E-state index contributed by atoms with van der Waals surface area (Å²) in [7, 11) is 6.25. The molecule has 1 aliphatic rings. The zero-order valence-corrected chi connectivity index (χ0v) is 12.4. The van der Waals surface area contributed by atoms with E-state index in [2.05, 4.69) is 41.6 Å². The van der Waals surface area contributed by atoms with Crippen LogP contribution in [-0.4, -0.2) is 68.2 Å². The first-order chi connectivity index (χ1) is 8.33. The van der Waals surface area contributed by atoms with Crippen molar-refractivity contribution >= 4 is 6.03 Å². The number of carbonyl (C=O) groups is 1. The van der Waals surface area contributed by atoms with Crippen LogP contribution in [0, 0.1) is 0 Å². The Bertz CT molecular complexity index is 270. The van der Waals surface area contributed by atoms with Crippen molar-refractivity contribution in [3.05, 3.63) is 0 Å². The lowest BCUT2D eigenvalue weighted by Crippen LogP contribution is -2.61. The van der Waals surface area contributed by atoms with Crippen LogP contribution < -0.4 is 10.6 Å². The van der Waals surface area contributed by atoms with Crippen molar-refractivity contribution in [1.82, 2.24) is 20.4 Å². The lowest BCUT2D eigenvalue weighted by Gasteiger charge is -2.42. The van der Waals surface area contributed by atoms with E-state index in [0.29, 0.717) is 0 Å². The molecule has 1 fully saturated rings. The standard InChI is InChI=1S/C13H28N4O/c1-11(2)14-12(18)15-13(10-16(3)4)6-8-17(5)9-7-13/h11H,6-10H2,1-5H3,(H2,14,15,18). The van der Waals surface area contributed by atoms with Crippen LogP contribution in [-0.2, 0) is 0 Å². The van der Waals surface area contributed by atoms with Crippen molar-refractivity contribution in [2.24, 2.45) is 0 Å². The fraction of sp³-hybridized carbons (Fsp3) is 0.923. The quantitative estimate of drug-likeness (QED) is 0.779. The fourth-order valence-electron chi connectivity index (χ4n) is 2.51. The average molecular weight is 256 g/mol. The van der Waals surface area contributed by atoms with E-state index in [4.69, 9.17) is 0 Å². The van der Waals surface area contributed by atoms with Gasteiger partial charge in [0, 0.05) is 25.7 Å². The van der Waals surface area contributed by atoms with Crippen LogP contribution in [0.4, 0.5) is 4.79 Å². The highest BCUT2D eigenvalue weighted by Gasteiger charge is 2.35. The lowest BCUT2D eigenvalue weighted by molar-refractivity contribution is 0.129. The van der Waals surface area contributed by atoms with E-state index in [1.165, 1.54) is 0 Å². The maximum Gasteiger partial charge on any atom is 0.315 e. The van der Waals surface area contributed by atoms with Gasteiger partial charge in [-0.2, -0.15) is 0 Å². The first kappa shape index (κ1) is 15.2. The van der Waals surface area contributed by atoms with Gasteiger partial charge in [0.1, 0.15) is 0 Å². The van der Waals surface area contributed by atoms with Gasteiger partial charge in [-0.3, -0.25) is 0 Å². The SMILES string of the molecule is CC(C)NC(=O)NC1(CN(C)C)CCN(C)CC1. The van der Waals surface area contributed by atoms with Gasteiger partial charge >= 0.3 is 6.03 Å². The van der Waals surface area contributed by atoms with Gasteiger partial charge in [-0.1, -0.05) is 0 Å². The molecule has 2 N–H and O–H groups in total. The Hall–Kier alpha value is -0.810. The number of carbonyl (C=O) groups excluding carboxylic acids is 1. The number of likely N-dealkylation sites (tertiary alicyclic amines) is 1. The van der Waals surface area contributed by atoms with E-state index in [1.807, 2.05) is 13.8 Å². The topological polar surface area (TPSA) is 47.6 Å². The minimum Gasteiger partial charge on any atom is -0.336 e. The van der Waals surface area contributed by atoms with Crippen LogP contribution >= 0.6 is 0 Å². The maximum atomic E-state index is 11.9. The van der Waals surface area contributed by atoms with Gasteiger partial charge in [-0.25, -0.2) is 4.79 Å². The summed E-state index contributed by atoms with van der Waals surface area (Å²) in [6.07, 6.45) is 2.01. The van der Waals surface area contributed by atoms with Gasteiger partial charge in [0.2, 0.25) is 0 Å². The molecule has 0 radical (unpaired) electrons. The molecule has 0 aromatic carbocycles. The summed E-state index contributed by atoms with van der Waals surface area (Å²) < 4.78 is 0. The molecule has 5 heteroatoms. The van der Waals surface area contributed by atoms with Crippen LogP contribution in [0.1, 0.15) is 26.7 Å². The third-order valence-electron chi connectivity index (χ3n) is 3.36. The second kappa shape index (κ2) is 6.38. The third kappa shape index (κ3) is 4.82. The molecule has 18 heavy (non-hydrogen) atoms. The number of hydrogen-bond donors (Lipinski definition) is 2. The molecular weight excluding hydrogens is 228 g/mol. The molecule has 106 valence electrons. The predicted molar refractivity (Wildman–Crippen MR) is 74.8 cm³/mol. The smallest absolute Gasteiger partial charge is 0.315 e. The number of hydrogen-bond acceptors (Lipinski definition) is 3. The molecule has 0 bridgehead atoms. The molecule has 5 nitrogen and oxygen atoms in total. The van der Waals surface area contributed by atoms with Crippen molar-refractivity contribution in [1.29, 1.82) is 0 Å². The molecule has 0 aromatic heterocycles. The number of amides is 2. The first-order valence-corrected chi connectivity index (χ1v) is 6.75. The highest BCUT2D eigenvalue weighted by atomic mass is 16.2. The van der Waals surface area contributed by atoms with E-state index in [1.54, 1.807) is 0 Å². The van der Waals surface area contributed by atoms with Crippen molar-refractivity contribution < 1.29 is 4.79 Å². The number of rotatable bonds is 4. The van der Waals surface area contributed by atoms with Crippen LogP contribution in [0.5, 0.6) is 0 Å². The van der Waals surface area contributed by atoms with Gasteiger partial charge < -0.3 is 20.4 Å². The number of nitrogens with one attached hydrogen (secondary N) is 2. The number of nitrogens with zero attached hydrogens (tertiary/aromatic N) is 2. The summed E-state index contributed by atoms with van der Waals surface area (Å²) in [6, 6.07) is 0.129. The van der Waals surface area contributed by atoms with Crippen LogP contribution in [0.3, 0.4) is 0 Å². The highest BCUT2D eigenvalue weighted by molar-refractivity contribution is 5.75. The molecule has 0 atom stereocenters. The van der Waals surface area contributed by atoms with Crippen LogP contribution in [0.15, 0.2) is 0 Å². The molecule has 0 unspecified atom stereocenters. The number of likely N-dealkylation sites (N-methyl/N-ethyl adjacent to an activating group) is 1. The first-order valence-electron chi connectivity index (χ1n) is 6.75. The second-order valence-electron chi connectivity index (χ2n) is 6.07.